The van der Waals surface area contributed by atoms with Gasteiger partial charge in [0.1, 0.15) is 16.4 Å². The third-order valence-electron chi connectivity index (χ3n) is 3.73. The maximum Gasteiger partial charge on any atom is 0.246 e. The number of furan rings is 1. The Morgan fingerprint density at radius 3 is 2.57 bits per heavy atom. The SMILES string of the molecule is Cc1oc(C)c(S(=O)(=O)N(C)CCOCC2CC2)c1CCl. The molecule has 2 rings (SSSR count). The van der Waals surface area contributed by atoms with Crippen LogP contribution in [-0.2, 0) is 20.6 Å². The van der Waals surface area contributed by atoms with E-state index in [4.69, 9.17) is 20.8 Å². The number of aryl methyl sites for hydroxylation is 2. The molecule has 0 atom stereocenters. The van der Waals surface area contributed by atoms with Gasteiger partial charge in [-0.05, 0) is 32.6 Å². The van der Waals surface area contributed by atoms with E-state index in [1.165, 1.54) is 17.1 Å². The van der Waals surface area contributed by atoms with E-state index in [1.54, 1.807) is 20.9 Å². The van der Waals surface area contributed by atoms with E-state index < -0.39 is 10.0 Å². The van der Waals surface area contributed by atoms with Gasteiger partial charge in [0.15, 0.2) is 0 Å². The summed E-state index contributed by atoms with van der Waals surface area (Å²) >= 11 is 5.86. The second kappa shape index (κ2) is 6.69. The molecule has 0 unspecified atom stereocenters. The Kier molecular flexibility index (Phi) is 5.35. The van der Waals surface area contributed by atoms with Crippen LogP contribution in [0.25, 0.3) is 0 Å². The Balaban J connectivity index is 2.05. The number of alkyl halides is 1. The first-order valence-corrected chi connectivity index (χ1v) is 9.04. The van der Waals surface area contributed by atoms with Crippen molar-refractivity contribution in [2.75, 3.05) is 26.8 Å². The van der Waals surface area contributed by atoms with Gasteiger partial charge in [0, 0.05) is 25.8 Å². The van der Waals surface area contributed by atoms with Gasteiger partial charge in [-0.15, -0.1) is 11.6 Å². The van der Waals surface area contributed by atoms with Gasteiger partial charge in [-0.25, -0.2) is 8.42 Å². The van der Waals surface area contributed by atoms with Crippen LogP contribution in [0, 0.1) is 19.8 Å². The Labute approximate surface area is 131 Å². The normalized spacial score (nSPS) is 15.9. The molecule has 0 aromatic carbocycles. The van der Waals surface area contributed by atoms with Crippen molar-refractivity contribution < 1.29 is 17.6 Å². The number of rotatable bonds is 8. The van der Waals surface area contributed by atoms with E-state index in [-0.39, 0.29) is 10.8 Å². The monoisotopic (exact) mass is 335 g/mol. The molecule has 5 nitrogen and oxygen atoms in total. The number of halogens is 1. The standard InChI is InChI=1S/C14H22ClNO4S/c1-10-13(8-15)14(11(2)20-10)21(17,18)16(3)6-7-19-9-12-4-5-12/h12H,4-9H2,1-3H3. The van der Waals surface area contributed by atoms with Gasteiger partial charge in [-0.2, -0.15) is 4.31 Å². The van der Waals surface area contributed by atoms with Crippen LogP contribution in [0.2, 0.25) is 0 Å². The van der Waals surface area contributed by atoms with Gasteiger partial charge in [0.2, 0.25) is 10.0 Å². The van der Waals surface area contributed by atoms with Gasteiger partial charge in [-0.1, -0.05) is 0 Å². The summed E-state index contributed by atoms with van der Waals surface area (Å²) in [6.45, 7) is 4.82. The topological polar surface area (TPSA) is 59.8 Å². The van der Waals surface area contributed by atoms with Gasteiger partial charge in [0.05, 0.1) is 12.5 Å². The van der Waals surface area contributed by atoms with Gasteiger partial charge in [0.25, 0.3) is 0 Å². The predicted molar refractivity (Wildman–Crippen MR) is 81.1 cm³/mol. The van der Waals surface area contributed by atoms with Crippen molar-refractivity contribution in [1.82, 2.24) is 4.31 Å². The zero-order valence-corrected chi connectivity index (χ0v) is 14.3. The molecule has 1 aromatic heterocycles. The minimum atomic E-state index is -3.60. The van der Waals surface area contributed by atoms with E-state index >= 15 is 0 Å². The summed E-state index contributed by atoms with van der Waals surface area (Å²) in [4.78, 5) is 0.194. The van der Waals surface area contributed by atoms with Crippen LogP contribution in [0.4, 0.5) is 0 Å². The molecule has 1 heterocycles. The number of hydrogen-bond donors (Lipinski definition) is 0. The molecule has 0 aliphatic heterocycles. The molecular weight excluding hydrogens is 314 g/mol. The highest BCUT2D eigenvalue weighted by atomic mass is 35.5. The number of nitrogens with zero attached hydrogens (tertiary/aromatic N) is 1. The average Bonchev–Trinajstić information content (AvgIpc) is 3.18. The molecule has 7 heteroatoms. The number of hydrogen-bond acceptors (Lipinski definition) is 4. The van der Waals surface area contributed by atoms with Crippen molar-refractivity contribution in [3.05, 3.63) is 17.1 Å². The lowest BCUT2D eigenvalue weighted by Gasteiger charge is -2.17. The van der Waals surface area contributed by atoms with E-state index in [2.05, 4.69) is 0 Å². The van der Waals surface area contributed by atoms with Crippen LogP contribution in [0.3, 0.4) is 0 Å². The summed E-state index contributed by atoms with van der Waals surface area (Å²) in [7, 11) is -2.05. The van der Waals surface area contributed by atoms with Crippen molar-refractivity contribution in [2.24, 2.45) is 5.92 Å². The van der Waals surface area contributed by atoms with E-state index in [0.29, 0.717) is 36.2 Å². The van der Waals surface area contributed by atoms with Crippen molar-refractivity contribution in [2.45, 2.75) is 37.5 Å². The summed E-state index contributed by atoms with van der Waals surface area (Å²) in [5.74, 6) is 1.73. The Morgan fingerprint density at radius 1 is 1.33 bits per heavy atom. The fourth-order valence-corrected chi connectivity index (χ4v) is 4.17. The first-order valence-electron chi connectivity index (χ1n) is 7.06. The second-order valence-corrected chi connectivity index (χ2v) is 7.75. The highest BCUT2D eigenvalue weighted by molar-refractivity contribution is 7.89. The first kappa shape index (κ1) is 16.8. The molecule has 1 fully saturated rings. The molecule has 21 heavy (non-hydrogen) atoms. The van der Waals surface area contributed by atoms with Crippen LogP contribution in [0.1, 0.15) is 29.9 Å². The molecule has 0 saturated heterocycles. The lowest BCUT2D eigenvalue weighted by atomic mass is 10.3. The van der Waals surface area contributed by atoms with Crippen molar-refractivity contribution in [3.63, 3.8) is 0 Å². The minimum absolute atomic E-state index is 0.115. The average molecular weight is 336 g/mol. The van der Waals surface area contributed by atoms with Crippen molar-refractivity contribution >= 4 is 21.6 Å². The highest BCUT2D eigenvalue weighted by Crippen LogP contribution is 2.30. The molecule has 0 radical (unpaired) electrons. The summed E-state index contributed by atoms with van der Waals surface area (Å²) < 4.78 is 37.5. The smallest absolute Gasteiger partial charge is 0.246 e. The summed E-state index contributed by atoms with van der Waals surface area (Å²) in [6, 6.07) is 0. The van der Waals surface area contributed by atoms with Crippen molar-refractivity contribution in [3.8, 4) is 0 Å². The third kappa shape index (κ3) is 3.80. The molecule has 0 N–H and O–H groups in total. The largest absolute Gasteiger partial charge is 0.465 e. The molecule has 120 valence electrons. The van der Waals surface area contributed by atoms with Crippen LogP contribution < -0.4 is 0 Å². The fraction of sp³-hybridized carbons (Fsp3) is 0.714. The summed E-state index contributed by atoms with van der Waals surface area (Å²) in [5.41, 5.74) is 0.542. The van der Waals surface area contributed by atoms with Crippen LogP contribution >= 0.6 is 11.6 Å². The zero-order chi connectivity index (χ0) is 15.6. The Hall–Kier alpha value is -0.560. The molecule has 1 aliphatic carbocycles. The second-order valence-electron chi connectivity index (χ2n) is 5.50. The maximum absolute atomic E-state index is 12.6. The van der Waals surface area contributed by atoms with E-state index in [0.717, 1.165) is 6.61 Å². The first-order chi connectivity index (χ1) is 9.87. The fourth-order valence-electron chi connectivity index (χ4n) is 2.21. The zero-order valence-electron chi connectivity index (χ0n) is 12.7. The van der Waals surface area contributed by atoms with Crippen molar-refractivity contribution in [1.29, 1.82) is 0 Å². The predicted octanol–water partition coefficient (Wildman–Crippen LogP) is 2.68. The maximum atomic E-state index is 12.6. The number of ether oxygens (including phenoxy) is 1. The highest BCUT2D eigenvalue weighted by Gasteiger charge is 2.30. The third-order valence-corrected chi connectivity index (χ3v) is 6.05. The van der Waals surface area contributed by atoms with Gasteiger partial charge < -0.3 is 9.15 Å². The molecule has 1 aromatic rings. The van der Waals surface area contributed by atoms with E-state index in [1.807, 2.05) is 0 Å². The number of likely N-dealkylation sites (N-methyl/N-ethyl adjacent to an activating group) is 1. The molecule has 0 amide bonds. The molecule has 1 aliphatic rings. The number of sulfonamides is 1. The summed E-state index contributed by atoms with van der Waals surface area (Å²) in [6.07, 6.45) is 2.45. The van der Waals surface area contributed by atoms with E-state index in [9.17, 15) is 8.42 Å². The van der Waals surface area contributed by atoms with Crippen LogP contribution in [-0.4, -0.2) is 39.5 Å². The molecule has 1 saturated carbocycles. The Morgan fingerprint density at radius 2 is 2.00 bits per heavy atom. The van der Waals surface area contributed by atoms with Crippen LogP contribution in [0.5, 0.6) is 0 Å². The molecule has 0 bridgehead atoms. The Bertz CT molecular complexity index is 592. The quantitative estimate of drug-likeness (QED) is 0.541. The minimum Gasteiger partial charge on any atom is -0.465 e. The van der Waals surface area contributed by atoms with Crippen LogP contribution in [0.15, 0.2) is 9.31 Å². The van der Waals surface area contributed by atoms with Gasteiger partial charge >= 0.3 is 0 Å². The lowest BCUT2D eigenvalue weighted by molar-refractivity contribution is 0.117. The van der Waals surface area contributed by atoms with Gasteiger partial charge in [-0.3, -0.25) is 0 Å². The molecule has 0 spiro atoms. The summed E-state index contributed by atoms with van der Waals surface area (Å²) in [5, 5.41) is 0. The molecular formula is C14H22ClNO4S. The lowest BCUT2D eigenvalue weighted by Crippen LogP contribution is -2.31.